The minimum atomic E-state index is -0.503. The zero-order chi connectivity index (χ0) is 18.4. The Morgan fingerprint density at radius 2 is 2.15 bits per heavy atom. The van der Waals surface area contributed by atoms with Crippen molar-refractivity contribution in [2.24, 2.45) is 0 Å². The van der Waals surface area contributed by atoms with E-state index in [1.807, 2.05) is 6.92 Å². The molecule has 0 spiro atoms. The van der Waals surface area contributed by atoms with Gasteiger partial charge in [-0.2, -0.15) is 4.52 Å². The first-order valence-corrected chi connectivity index (χ1v) is 8.42. The maximum atomic E-state index is 14.2. The van der Waals surface area contributed by atoms with Gasteiger partial charge in [0.2, 0.25) is 12.4 Å². The Kier molecular flexibility index (Phi) is 3.86. The van der Waals surface area contributed by atoms with Crippen LogP contribution in [0.2, 0.25) is 0 Å². The lowest BCUT2D eigenvalue weighted by Gasteiger charge is -2.34. The van der Waals surface area contributed by atoms with Gasteiger partial charge in [-0.1, -0.05) is 0 Å². The van der Waals surface area contributed by atoms with Gasteiger partial charge in [0.05, 0.1) is 12.6 Å². The number of ether oxygens (including phenoxy) is 1. The molecule has 3 heterocycles. The fraction of sp³-hybridized carbons (Fsp3) is 0.412. The number of rotatable bonds is 3. The van der Waals surface area contributed by atoms with Crippen LogP contribution >= 0.6 is 0 Å². The summed E-state index contributed by atoms with van der Waals surface area (Å²) in [5.74, 6) is 0.346. The van der Waals surface area contributed by atoms with Crippen molar-refractivity contribution in [2.75, 3.05) is 19.4 Å². The number of anilines is 1. The molecule has 1 saturated heterocycles. The van der Waals surface area contributed by atoms with E-state index in [1.165, 1.54) is 23.8 Å². The maximum absolute atomic E-state index is 14.2. The molecule has 8 nitrogen and oxygen atoms in total. The zero-order valence-electron chi connectivity index (χ0n) is 14.5. The molecule has 0 bridgehead atoms. The van der Waals surface area contributed by atoms with Gasteiger partial charge in [-0.15, -0.1) is 5.10 Å². The smallest absolute Gasteiger partial charge is 0.223 e. The van der Waals surface area contributed by atoms with Crippen molar-refractivity contribution in [2.45, 2.75) is 31.7 Å². The number of methoxy groups -OCH3 is 1. The molecule has 1 aliphatic rings. The molecule has 2 aromatic heterocycles. The fourth-order valence-electron chi connectivity index (χ4n) is 3.47. The number of hydrogen-bond acceptors (Lipinski definition) is 6. The summed E-state index contributed by atoms with van der Waals surface area (Å²) in [6.07, 6.45) is 2.61. The lowest BCUT2D eigenvalue weighted by atomic mass is 9.93. The van der Waals surface area contributed by atoms with E-state index in [9.17, 15) is 9.18 Å². The third kappa shape index (κ3) is 2.51. The second-order valence-corrected chi connectivity index (χ2v) is 6.60. The van der Waals surface area contributed by atoms with Crippen molar-refractivity contribution >= 4 is 28.9 Å². The summed E-state index contributed by atoms with van der Waals surface area (Å²) in [6.45, 7) is 2.57. The van der Waals surface area contributed by atoms with Gasteiger partial charge in [0.25, 0.3) is 0 Å². The van der Waals surface area contributed by atoms with Crippen LogP contribution in [0.25, 0.3) is 16.6 Å². The van der Waals surface area contributed by atoms with E-state index in [1.54, 1.807) is 4.90 Å². The molecule has 1 fully saturated rings. The highest BCUT2D eigenvalue weighted by atomic mass is 19.1. The largest absolute Gasteiger partial charge is 0.494 e. The standard InChI is InChI=1S/C17H19FN6O2/c1-9-3-4-10(7-23(9)8-25)15-21-16-11-5-12(18)14(26-2)6-13(11)20-17(19)24(16)22-15/h5-6,8-10H,3-4,7H2,1-2H3,(H2,19,20)/t9-,10+/m0/s1. The molecule has 0 aliphatic carbocycles. The van der Waals surface area contributed by atoms with Gasteiger partial charge in [-0.25, -0.2) is 14.4 Å². The number of piperidine rings is 1. The predicted octanol–water partition coefficient (Wildman–Crippen LogP) is 1.73. The Bertz CT molecular complexity index is 1000. The topological polar surface area (TPSA) is 98.6 Å². The normalized spacial score (nSPS) is 20.7. The van der Waals surface area contributed by atoms with Crippen LogP contribution in [0.15, 0.2) is 12.1 Å². The molecule has 9 heteroatoms. The van der Waals surface area contributed by atoms with Crippen LogP contribution in [-0.4, -0.2) is 50.6 Å². The number of amides is 1. The highest BCUT2D eigenvalue weighted by Gasteiger charge is 2.28. The molecule has 0 radical (unpaired) electrons. The SMILES string of the molecule is COc1cc2nc(N)n3nc([C@@H]4CC[C@H](C)N(C=O)C4)nc3c2cc1F. The van der Waals surface area contributed by atoms with E-state index in [4.69, 9.17) is 10.5 Å². The average Bonchev–Trinajstić information content (AvgIpc) is 3.09. The summed E-state index contributed by atoms with van der Waals surface area (Å²) in [6, 6.07) is 3.02. The minimum absolute atomic E-state index is 0.00819. The number of hydrogen-bond donors (Lipinski definition) is 1. The number of nitrogens with zero attached hydrogens (tertiary/aromatic N) is 5. The molecule has 1 aliphatic heterocycles. The number of aromatic nitrogens is 4. The molecule has 2 atom stereocenters. The molecule has 3 aromatic rings. The Morgan fingerprint density at radius 3 is 2.88 bits per heavy atom. The Morgan fingerprint density at radius 1 is 1.35 bits per heavy atom. The van der Waals surface area contributed by atoms with E-state index in [-0.39, 0.29) is 23.7 Å². The molecule has 4 rings (SSSR count). The number of benzene rings is 1. The first-order chi connectivity index (χ1) is 12.5. The molecule has 0 saturated carbocycles. The zero-order valence-corrected chi connectivity index (χ0v) is 14.5. The summed E-state index contributed by atoms with van der Waals surface area (Å²) in [5, 5.41) is 4.98. The van der Waals surface area contributed by atoms with E-state index in [2.05, 4.69) is 15.1 Å². The van der Waals surface area contributed by atoms with E-state index in [0.717, 1.165) is 19.3 Å². The van der Waals surface area contributed by atoms with Gasteiger partial charge in [-0.3, -0.25) is 4.79 Å². The third-order valence-electron chi connectivity index (χ3n) is 5.02. The molecular formula is C17H19FN6O2. The molecule has 2 N–H and O–H groups in total. The van der Waals surface area contributed by atoms with Crippen LogP contribution in [-0.2, 0) is 4.79 Å². The number of carbonyl (C=O) groups excluding carboxylic acids is 1. The second-order valence-electron chi connectivity index (χ2n) is 6.60. The Labute approximate surface area is 148 Å². The summed E-state index contributed by atoms with van der Waals surface area (Å²) < 4.78 is 20.6. The number of nitrogens with two attached hydrogens (primary N) is 1. The lowest BCUT2D eigenvalue weighted by molar-refractivity contribution is -0.121. The van der Waals surface area contributed by atoms with Gasteiger partial charge < -0.3 is 15.4 Å². The van der Waals surface area contributed by atoms with Crippen molar-refractivity contribution in [3.05, 3.63) is 23.8 Å². The predicted molar refractivity (Wildman–Crippen MR) is 93.4 cm³/mol. The quantitative estimate of drug-likeness (QED) is 0.716. The molecule has 26 heavy (non-hydrogen) atoms. The number of carbonyl (C=O) groups is 1. The number of nitrogen functional groups attached to an aromatic ring is 1. The average molecular weight is 358 g/mol. The fourth-order valence-corrected chi connectivity index (χ4v) is 3.47. The summed E-state index contributed by atoms with van der Waals surface area (Å²) in [4.78, 5) is 21.9. The minimum Gasteiger partial charge on any atom is -0.494 e. The van der Waals surface area contributed by atoms with Gasteiger partial charge in [-0.05, 0) is 25.8 Å². The van der Waals surface area contributed by atoms with Crippen LogP contribution in [0, 0.1) is 5.82 Å². The van der Waals surface area contributed by atoms with Crippen molar-refractivity contribution in [3.63, 3.8) is 0 Å². The molecule has 136 valence electrons. The van der Waals surface area contributed by atoms with Crippen LogP contribution in [0.1, 0.15) is 31.5 Å². The van der Waals surface area contributed by atoms with Crippen LogP contribution in [0.5, 0.6) is 5.75 Å². The third-order valence-corrected chi connectivity index (χ3v) is 5.02. The van der Waals surface area contributed by atoms with Gasteiger partial charge in [0.15, 0.2) is 23.0 Å². The van der Waals surface area contributed by atoms with Crippen molar-refractivity contribution in [1.29, 1.82) is 0 Å². The number of halogens is 1. The number of fused-ring (bicyclic) bond motifs is 3. The van der Waals surface area contributed by atoms with Crippen molar-refractivity contribution in [1.82, 2.24) is 24.5 Å². The first kappa shape index (κ1) is 16.5. The van der Waals surface area contributed by atoms with Crippen molar-refractivity contribution < 1.29 is 13.9 Å². The van der Waals surface area contributed by atoms with E-state index in [0.29, 0.717) is 28.9 Å². The maximum Gasteiger partial charge on any atom is 0.223 e. The Hall–Kier alpha value is -2.97. The van der Waals surface area contributed by atoms with Crippen molar-refractivity contribution in [3.8, 4) is 5.75 Å². The van der Waals surface area contributed by atoms with E-state index < -0.39 is 5.82 Å². The molecular weight excluding hydrogens is 339 g/mol. The highest BCUT2D eigenvalue weighted by molar-refractivity contribution is 5.93. The monoisotopic (exact) mass is 358 g/mol. The van der Waals surface area contributed by atoms with Gasteiger partial charge >= 0.3 is 0 Å². The number of likely N-dealkylation sites (tertiary alicyclic amines) is 1. The summed E-state index contributed by atoms with van der Waals surface area (Å²) in [7, 11) is 1.39. The first-order valence-electron chi connectivity index (χ1n) is 8.42. The van der Waals surface area contributed by atoms with Crippen LogP contribution in [0.3, 0.4) is 0 Å². The van der Waals surface area contributed by atoms with E-state index >= 15 is 0 Å². The summed E-state index contributed by atoms with van der Waals surface area (Å²) in [5.41, 5.74) is 6.95. The lowest BCUT2D eigenvalue weighted by Crippen LogP contribution is -2.40. The second kappa shape index (κ2) is 6.08. The van der Waals surface area contributed by atoms with Crippen LogP contribution < -0.4 is 10.5 Å². The summed E-state index contributed by atoms with van der Waals surface area (Å²) >= 11 is 0. The molecule has 0 unspecified atom stereocenters. The van der Waals surface area contributed by atoms with Gasteiger partial charge in [0.1, 0.15) is 0 Å². The Balaban J connectivity index is 1.84. The molecule has 1 amide bonds. The van der Waals surface area contributed by atoms with Crippen LogP contribution in [0.4, 0.5) is 10.3 Å². The van der Waals surface area contributed by atoms with Gasteiger partial charge in [0, 0.05) is 30.0 Å². The highest BCUT2D eigenvalue weighted by Crippen LogP contribution is 2.31. The molecule has 1 aromatic carbocycles.